The van der Waals surface area contributed by atoms with Crippen LogP contribution < -0.4 is 14.5 Å². The van der Waals surface area contributed by atoms with Crippen molar-refractivity contribution in [2.24, 2.45) is 4.99 Å². The Morgan fingerprint density at radius 1 is 0.971 bits per heavy atom. The molecule has 0 aliphatic carbocycles. The maximum Gasteiger partial charge on any atom is 0.282 e. The molecule has 3 aromatic rings. The van der Waals surface area contributed by atoms with Gasteiger partial charge >= 0.3 is 0 Å². The highest BCUT2D eigenvalue weighted by atomic mass is 19.1. The van der Waals surface area contributed by atoms with E-state index in [-0.39, 0.29) is 23.0 Å². The van der Waals surface area contributed by atoms with Crippen molar-refractivity contribution in [1.29, 1.82) is 0 Å². The Bertz CT molecular complexity index is 1230. The highest BCUT2D eigenvalue weighted by molar-refractivity contribution is 6.33. The van der Waals surface area contributed by atoms with Crippen molar-refractivity contribution in [3.63, 3.8) is 0 Å². The molecule has 3 aromatic carbocycles. The van der Waals surface area contributed by atoms with Crippen molar-refractivity contribution >= 4 is 29.2 Å². The van der Waals surface area contributed by atoms with Crippen LogP contribution in [0, 0.1) is 5.82 Å². The average molecular weight is 472 g/mol. The predicted molar refractivity (Wildman–Crippen MR) is 141 cm³/mol. The zero-order valence-electron chi connectivity index (χ0n) is 20.4. The Hall–Kier alpha value is -3.93. The van der Waals surface area contributed by atoms with Crippen LogP contribution in [0.3, 0.4) is 0 Å². The van der Waals surface area contributed by atoms with Gasteiger partial charge in [0.25, 0.3) is 5.91 Å². The van der Waals surface area contributed by atoms with Gasteiger partial charge in [-0.2, -0.15) is 0 Å². The molecule has 0 spiro atoms. The van der Waals surface area contributed by atoms with Crippen LogP contribution in [0.1, 0.15) is 37.3 Å². The quantitative estimate of drug-likeness (QED) is 0.272. The minimum absolute atomic E-state index is 0.251. The van der Waals surface area contributed by atoms with Gasteiger partial charge in [0.05, 0.1) is 17.9 Å². The van der Waals surface area contributed by atoms with Gasteiger partial charge in [0.2, 0.25) is 0 Å². The lowest BCUT2D eigenvalue weighted by atomic mass is 10.1. The molecule has 1 amide bonds. The van der Waals surface area contributed by atoms with Gasteiger partial charge in [-0.1, -0.05) is 44.0 Å². The van der Waals surface area contributed by atoms with Gasteiger partial charge in [0.1, 0.15) is 17.3 Å². The van der Waals surface area contributed by atoms with Crippen LogP contribution in [0.25, 0.3) is 6.08 Å². The van der Waals surface area contributed by atoms with Crippen molar-refractivity contribution in [2.75, 3.05) is 30.5 Å². The van der Waals surface area contributed by atoms with Crippen molar-refractivity contribution < 1.29 is 13.9 Å². The van der Waals surface area contributed by atoms with Crippen LogP contribution in [0.4, 0.5) is 15.8 Å². The number of aliphatic imine (C=N–C) groups is 1. The summed E-state index contributed by atoms with van der Waals surface area (Å²) in [5.41, 5.74) is 3.02. The molecule has 0 atom stereocenters. The Morgan fingerprint density at radius 3 is 2.34 bits per heavy atom. The standard InChI is InChI=1S/C29H30FN3O2/c1-4-5-8-19-35-24-17-15-23(16-18-24)33-28(25-9-6-7-10-26(25)30)31-27(29(33)34)20-21-11-13-22(14-12-21)32(2)3/h6-7,9-18,20H,4-5,8,19H2,1-3H3/b27-20-. The van der Waals surface area contributed by atoms with Gasteiger partial charge < -0.3 is 9.64 Å². The van der Waals surface area contributed by atoms with Gasteiger partial charge in [-0.25, -0.2) is 9.38 Å². The molecule has 0 saturated heterocycles. The molecule has 0 saturated carbocycles. The number of amides is 1. The number of carbonyl (C=O) groups is 1. The normalized spacial score (nSPS) is 14.4. The van der Waals surface area contributed by atoms with Crippen LogP contribution in [-0.2, 0) is 4.79 Å². The van der Waals surface area contributed by atoms with E-state index in [0.717, 1.165) is 36.3 Å². The Morgan fingerprint density at radius 2 is 1.69 bits per heavy atom. The number of carbonyl (C=O) groups excluding carboxylic acids is 1. The number of hydrogen-bond donors (Lipinski definition) is 0. The summed E-state index contributed by atoms with van der Waals surface area (Å²) in [6.07, 6.45) is 4.98. The molecule has 1 heterocycles. The number of amidine groups is 1. The second-order valence-electron chi connectivity index (χ2n) is 8.62. The van der Waals surface area contributed by atoms with Crippen LogP contribution in [-0.4, -0.2) is 32.4 Å². The third-order valence-corrected chi connectivity index (χ3v) is 5.80. The molecule has 1 aliphatic heterocycles. The van der Waals surface area contributed by atoms with Crippen molar-refractivity contribution in [3.05, 3.63) is 95.4 Å². The lowest BCUT2D eigenvalue weighted by Crippen LogP contribution is -2.33. The number of rotatable bonds is 9. The van der Waals surface area contributed by atoms with E-state index in [9.17, 15) is 9.18 Å². The van der Waals surface area contributed by atoms with E-state index < -0.39 is 5.82 Å². The lowest BCUT2D eigenvalue weighted by molar-refractivity contribution is -0.113. The zero-order valence-corrected chi connectivity index (χ0v) is 20.4. The molecule has 0 N–H and O–H groups in total. The second-order valence-corrected chi connectivity index (χ2v) is 8.62. The number of unbranched alkanes of at least 4 members (excludes halogenated alkanes) is 2. The van der Waals surface area contributed by atoms with E-state index >= 15 is 0 Å². The summed E-state index contributed by atoms with van der Waals surface area (Å²) in [4.78, 5) is 21.5. The van der Waals surface area contributed by atoms with E-state index in [4.69, 9.17) is 4.74 Å². The highest BCUT2D eigenvalue weighted by Crippen LogP contribution is 2.30. The molecule has 180 valence electrons. The van der Waals surface area contributed by atoms with Crippen LogP contribution >= 0.6 is 0 Å². The largest absolute Gasteiger partial charge is 0.494 e. The number of halogens is 1. The molecule has 0 unspecified atom stereocenters. The molecule has 4 rings (SSSR count). The minimum atomic E-state index is -0.434. The van der Waals surface area contributed by atoms with Crippen molar-refractivity contribution in [3.8, 4) is 5.75 Å². The number of ether oxygens (including phenoxy) is 1. The molecule has 5 nitrogen and oxygen atoms in total. The van der Waals surface area contributed by atoms with E-state index in [1.165, 1.54) is 11.0 Å². The van der Waals surface area contributed by atoms with Gasteiger partial charge in [0, 0.05) is 19.8 Å². The molecule has 0 bridgehead atoms. The van der Waals surface area contributed by atoms with E-state index in [0.29, 0.717) is 12.3 Å². The fourth-order valence-electron chi connectivity index (χ4n) is 3.84. The minimum Gasteiger partial charge on any atom is -0.494 e. The first-order chi connectivity index (χ1) is 17.0. The summed E-state index contributed by atoms with van der Waals surface area (Å²) in [6.45, 7) is 2.80. The smallest absolute Gasteiger partial charge is 0.282 e. The molecule has 6 heteroatoms. The summed E-state index contributed by atoms with van der Waals surface area (Å²) in [5.74, 6) is 0.256. The van der Waals surface area contributed by atoms with Gasteiger partial charge in [-0.05, 0) is 66.6 Å². The number of nitrogens with zero attached hydrogens (tertiary/aromatic N) is 3. The zero-order chi connectivity index (χ0) is 24.8. The van der Waals surface area contributed by atoms with E-state index in [2.05, 4.69) is 11.9 Å². The summed E-state index contributed by atoms with van der Waals surface area (Å²) in [6, 6.07) is 21.4. The molecule has 0 radical (unpaired) electrons. The number of hydrogen-bond acceptors (Lipinski definition) is 4. The highest BCUT2D eigenvalue weighted by Gasteiger charge is 2.33. The summed E-state index contributed by atoms with van der Waals surface area (Å²) < 4.78 is 20.5. The summed E-state index contributed by atoms with van der Waals surface area (Å²) in [5, 5.41) is 0. The first-order valence-electron chi connectivity index (χ1n) is 11.9. The van der Waals surface area contributed by atoms with Crippen molar-refractivity contribution in [1.82, 2.24) is 0 Å². The number of anilines is 2. The predicted octanol–water partition coefficient (Wildman–Crippen LogP) is 6.30. The fourth-order valence-corrected chi connectivity index (χ4v) is 3.84. The summed E-state index contributed by atoms with van der Waals surface area (Å²) >= 11 is 0. The van der Waals surface area contributed by atoms with E-state index in [1.807, 2.05) is 55.4 Å². The second kappa shape index (κ2) is 11.0. The van der Waals surface area contributed by atoms with Gasteiger partial charge in [-0.15, -0.1) is 0 Å². The fraction of sp³-hybridized carbons (Fsp3) is 0.241. The SMILES string of the molecule is CCCCCOc1ccc(N2C(=O)/C(=C/c3ccc(N(C)C)cc3)N=C2c2ccccc2F)cc1. The maximum atomic E-state index is 14.7. The molecule has 0 aromatic heterocycles. The average Bonchev–Trinajstić information content (AvgIpc) is 3.18. The Labute approximate surface area is 206 Å². The molecule has 0 fully saturated rings. The third-order valence-electron chi connectivity index (χ3n) is 5.80. The van der Waals surface area contributed by atoms with Crippen molar-refractivity contribution in [2.45, 2.75) is 26.2 Å². The monoisotopic (exact) mass is 471 g/mol. The Balaban J connectivity index is 1.66. The van der Waals surface area contributed by atoms with Crippen LogP contribution in [0.15, 0.2) is 83.5 Å². The first kappa shape index (κ1) is 24.2. The van der Waals surface area contributed by atoms with Gasteiger partial charge in [-0.3, -0.25) is 9.69 Å². The molecular weight excluding hydrogens is 441 g/mol. The van der Waals surface area contributed by atoms with Crippen LogP contribution in [0.5, 0.6) is 5.75 Å². The first-order valence-corrected chi connectivity index (χ1v) is 11.9. The topological polar surface area (TPSA) is 45.1 Å². The molecule has 1 aliphatic rings. The third kappa shape index (κ3) is 5.60. The molecule has 35 heavy (non-hydrogen) atoms. The maximum absolute atomic E-state index is 14.7. The number of benzene rings is 3. The molecular formula is C29H30FN3O2. The van der Waals surface area contributed by atoms with Gasteiger partial charge in [0.15, 0.2) is 5.84 Å². The van der Waals surface area contributed by atoms with E-state index in [1.54, 1.807) is 36.4 Å². The van der Waals surface area contributed by atoms with Crippen LogP contribution in [0.2, 0.25) is 0 Å². The lowest BCUT2D eigenvalue weighted by Gasteiger charge is -2.19. The summed E-state index contributed by atoms with van der Waals surface area (Å²) in [7, 11) is 3.94. The Kier molecular flexibility index (Phi) is 7.60.